The normalized spacial score (nSPS) is 16.5. The topological polar surface area (TPSA) is 43.4 Å². The Morgan fingerprint density at radius 1 is 1.46 bits per heavy atom. The number of esters is 2. The van der Waals surface area contributed by atoms with Gasteiger partial charge in [-0.05, 0) is 6.42 Å². The van der Waals surface area contributed by atoms with Crippen LogP contribution in [0.5, 0.6) is 0 Å². The molecule has 0 amide bonds. The van der Waals surface area contributed by atoms with Crippen molar-refractivity contribution < 1.29 is 14.3 Å². The van der Waals surface area contributed by atoms with Crippen LogP contribution >= 0.6 is 0 Å². The Bertz CT molecular complexity index is 274. The third-order valence-electron chi connectivity index (χ3n) is 1.72. The number of hydrogen-bond donors (Lipinski definition) is 0. The molecular weight excluding hydrogens is 168 g/mol. The second kappa shape index (κ2) is 4.60. The molecule has 3 nitrogen and oxygen atoms in total. The third kappa shape index (κ3) is 2.86. The van der Waals surface area contributed by atoms with Gasteiger partial charge in [0.2, 0.25) is 0 Å². The molecule has 0 saturated heterocycles. The molecule has 0 atom stereocenters. The largest absolute Gasteiger partial charge is 0.386 e. The lowest BCUT2D eigenvalue weighted by Gasteiger charge is -1.89. The quantitative estimate of drug-likeness (QED) is 0.376. The van der Waals surface area contributed by atoms with Gasteiger partial charge in [-0.1, -0.05) is 31.9 Å². The van der Waals surface area contributed by atoms with E-state index >= 15 is 0 Å². The lowest BCUT2D eigenvalue weighted by molar-refractivity contribution is -0.150. The second-order valence-corrected chi connectivity index (χ2v) is 2.85. The van der Waals surface area contributed by atoms with E-state index in [4.69, 9.17) is 0 Å². The fourth-order valence-corrected chi connectivity index (χ4v) is 1.01. The van der Waals surface area contributed by atoms with Gasteiger partial charge in [-0.3, -0.25) is 0 Å². The molecule has 0 N–H and O–H groups in total. The molecular formula is C10H12O3. The van der Waals surface area contributed by atoms with Crippen molar-refractivity contribution in [2.24, 2.45) is 0 Å². The maximum Gasteiger partial charge on any atom is 0.346 e. The minimum absolute atomic E-state index is 0.348. The number of allylic oxidation sites excluding steroid dienone is 1. The fourth-order valence-electron chi connectivity index (χ4n) is 1.01. The Balaban J connectivity index is 2.44. The molecule has 0 fully saturated rings. The van der Waals surface area contributed by atoms with Crippen molar-refractivity contribution in [3.63, 3.8) is 0 Å². The SMILES string of the molecule is CCCC/C=C/C1=CC(=O)OC1=O. The molecule has 1 aliphatic heterocycles. The summed E-state index contributed by atoms with van der Waals surface area (Å²) in [6.45, 7) is 2.10. The molecule has 0 unspecified atom stereocenters. The van der Waals surface area contributed by atoms with Crippen LogP contribution in [0.3, 0.4) is 0 Å². The van der Waals surface area contributed by atoms with Gasteiger partial charge in [0.15, 0.2) is 0 Å². The standard InChI is InChI=1S/C10H12O3/c1-2-3-4-5-6-8-7-9(11)13-10(8)12/h5-7H,2-4H2,1H3/b6-5+. The summed E-state index contributed by atoms with van der Waals surface area (Å²) in [4.78, 5) is 21.5. The summed E-state index contributed by atoms with van der Waals surface area (Å²) in [7, 11) is 0. The van der Waals surface area contributed by atoms with E-state index in [-0.39, 0.29) is 0 Å². The summed E-state index contributed by atoms with van der Waals surface area (Å²) in [5.74, 6) is -1.11. The Kier molecular flexibility index (Phi) is 3.43. The van der Waals surface area contributed by atoms with Crippen LogP contribution in [0, 0.1) is 0 Å². The minimum atomic E-state index is -0.569. The van der Waals surface area contributed by atoms with Gasteiger partial charge >= 0.3 is 11.9 Å². The second-order valence-electron chi connectivity index (χ2n) is 2.85. The fraction of sp³-hybridized carbons (Fsp3) is 0.400. The van der Waals surface area contributed by atoms with Crippen LogP contribution in [-0.4, -0.2) is 11.9 Å². The van der Waals surface area contributed by atoms with Crippen LogP contribution in [0.1, 0.15) is 26.2 Å². The first-order chi connectivity index (χ1) is 6.24. The lowest BCUT2D eigenvalue weighted by atomic mass is 10.2. The average molecular weight is 180 g/mol. The predicted octanol–water partition coefficient (Wildman–Crippen LogP) is 1.74. The van der Waals surface area contributed by atoms with Crippen LogP contribution < -0.4 is 0 Å². The first-order valence-electron chi connectivity index (χ1n) is 4.38. The summed E-state index contributed by atoms with van der Waals surface area (Å²) >= 11 is 0. The highest BCUT2D eigenvalue weighted by Gasteiger charge is 2.20. The van der Waals surface area contributed by atoms with Crippen molar-refractivity contribution in [1.29, 1.82) is 0 Å². The molecule has 1 heterocycles. The third-order valence-corrected chi connectivity index (χ3v) is 1.72. The van der Waals surface area contributed by atoms with Gasteiger partial charge in [0.25, 0.3) is 0 Å². The summed E-state index contributed by atoms with van der Waals surface area (Å²) in [5, 5.41) is 0. The maximum absolute atomic E-state index is 10.9. The zero-order chi connectivity index (χ0) is 9.68. The molecule has 0 aromatic heterocycles. The van der Waals surface area contributed by atoms with Crippen LogP contribution in [0.4, 0.5) is 0 Å². The number of carbonyl (C=O) groups is 2. The van der Waals surface area contributed by atoms with Gasteiger partial charge in [0.1, 0.15) is 0 Å². The van der Waals surface area contributed by atoms with Gasteiger partial charge in [0, 0.05) is 6.08 Å². The van der Waals surface area contributed by atoms with E-state index in [1.807, 2.05) is 6.08 Å². The molecule has 0 aromatic rings. The summed E-state index contributed by atoms with van der Waals surface area (Å²) in [5.41, 5.74) is 0.348. The number of rotatable bonds is 4. The van der Waals surface area contributed by atoms with Crippen molar-refractivity contribution >= 4 is 11.9 Å². The monoisotopic (exact) mass is 180 g/mol. The van der Waals surface area contributed by atoms with Gasteiger partial charge in [-0.25, -0.2) is 9.59 Å². The Labute approximate surface area is 77.1 Å². The highest BCUT2D eigenvalue weighted by molar-refractivity contribution is 6.10. The van der Waals surface area contributed by atoms with E-state index in [9.17, 15) is 9.59 Å². The average Bonchev–Trinajstić information content (AvgIpc) is 2.39. The molecule has 0 spiro atoms. The van der Waals surface area contributed by atoms with Crippen LogP contribution in [0.25, 0.3) is 0 Å². The Hall–Kier alpha value is -1.38. The molecule has 0 aliphatic carbocycles. The highest BCUT2D eigenvalue weighted by atomic mass is 16.6. The summed E-state index contributed by atoms with van der Waals surface area (Å²) in [6, 6.07) is 0. The van der Waals surface area contributed by atoms with E-state index in [0.29, 0.717) is 5.57 Å². The minimum Gasteiger partial charge on any atom is -0.386 e. The number of carbonyl (C=O) groups excluding carboxylic acids is 2. The van der Waals surface area contributed by atoms with E-state index in [1.54, 1.807) is 6.08 Å². The van der Waals surface area contributed by atoms with Crippen LogP contribution in [-0.2, 0) is 14.3 Å². The molecule has 13 heavy (non-hydrogen) atoms. The Morgan fingerprint density at radius 2 is 2.23 bits per heavy atom. The molecule has 1 aliphatic rings. The molecule has 0 aromatic carbocycles. The van der Waals surface area contributed by atoms with Gasteiger partial charge in [-0.2, -0.15) is 0 Å². The highest BCUT2D eigenvalue weighted by Crippen LogP contribution is 2.10. The summed E-state index contributed by atoms with van der Waals surface area (Å²) in [6.07, 6.45) is 7.87. The van der Waals surface area contributed by atoms with Gasteiger partial charge < -0.3 is 4.74 Å². The van der Waals surface area contributed by atoms with E-state index in [2.05, 4.69) is 11.7 Å². The molecule has 0 bridgehead atoms. The van der Waals surface area contributed by atoms with Crippen molar-refractivity contribution in [3.8, 4) is 0 Å². The Morgan fingerprint density at radius 3 is 2.77 bits per heavy atom. The maximum atomic E-state index is 10.9. The molecule has 3 heteroatoms. The van der Waals surface area contributed by atoms with Crippen LogP contribution in [0.2, 0.25) is 0 Å². The van der Waals surface area contributed by atoms with Gasteiger partial charge in [0.05, 0.1) is 5.57 Å². The zero-order valence-electron chi connectivity index (χ0n) is 7.58. The van der Waals surface area contributed by atoms with Crippen molar-refractivity contribution in [2.75, 3.05) is 0 Å². The molecule has 0 saturated carbocycles. The molecule has 0 radical (unpaired) electrons. The number of unbranched alkanes of at least 4 members (excludes halogenated alkanes) is 2. The van der Waals surface area contributed by atoms with E-state index in [1.165, 1.54) is 6.08 Å². The van der Waals surface area contributed by atoms with Crippen molar-refractivity contribution in [2.45, 2.75) is 26.2 Å². The predicted molar refractivity (Wildman–Crippen MR) is 47.8 cm³/mol. The summed E-state index contributed by atoms with van der Waals surface area (Å²) < 4.78 is 4.31. The van der Waals surface area contributed by atoms with Crippen LogP contribution in [0.15, 0.2) is 23.8 Å². The van der Waals surface area contributed by atoms with E-state index < -0.39 is 11.9 Å². The molecule has 1 rings (SSSR count). The van der Waals surface area contributed by atoms with E-state index in [0.717, 1.165) is 19.3 Å². The van der Waals surface area contributed by atoms with Crippen molar-refractivity contribution in [1.82, 2.24) is 0 Å². The smallest absolute Gasteiger partial charge is 0.346 e. The zero-order valence-corrected chi connectivity index (χ0v) is 7.58. The number of cyclic esters (lactones) is 2. The number of ether oxygens (including phenoxy) is 1. The molecule has 70 valence electrons. The first kappa shape index (κ1) is 9.71. The number of hydrogen-bond acceptors (Lipinski definition) is 3. The lowest BCUT2D eigenvalue weighted by Crippen LogP contribution is -2.00. The first-order valence-corrected chi connectivity index (χ1v) is 4.38. The van der Waals surface area contributed by atoms with Gasteiger partial charge in [-0.15, -0.1) is 0 Å². The van der Waals surface area contributed by atoms with Crippen molar-refractivity contribution in [3.05, 3.63) is 23.8 Å².